The molecule has 29 heavy (non-hydrogen) atoms. The summed E-state index contributed by atoms with van der Waals surface area (Å²) in [5.74, 6) is -6.55. The second kappa shape index (κ2) is 7.98. The fourth-order valence-corrected chi connectivity index (χ4v) is 2.88. The minimum atomic E-state index is -2.37. The van der Waals surface area contributed by atoms with E-state index in [0.29, 0.717) is 12.1 Å². The zero-order chi connectivity index (χ0) is 21.3. The van der Waals surface area contributed by atoms with Crippen LogP contribution in [0.15, 0.2) is 49.1 Å². The standard InChI is InChI=1S/C21H11F7O/c1-2-3-29-12-7-16(24)19(17(25)8-12)10-4-11-5-14(22)13(9-18(26)27)21(28)20(11)15(23)6-10/h2,4-9H,1,3H2. The van der Waals surface area contributed by atoms with Gasteiger partial charge >= 0.3 is 0 Å². The van der Waals surface area contributed by atoms with Crippen LogP contribution in [-0.2, 0) is 0 Å². The molecule has 0 heterocycles. The number of hydrogen-bond donors (Lipinski definition) is 0. The third-order valence-electron chi connectivity index (χ3n) is 4.04. The summed E-state index contributed by atoms with van der Waals surface area (Å²) < 4.78 is 102. The van der Waals surface area contributed by atoms with Crippen LogP contribution in [0.25, 0.3) is 28.0 Å². The number of rotatable bonds is 5. The van der Waals surface area contributed by atoms with E-state index in [1.165, 1.54) is 6.08 Å². The average molecular weight is 412 g/mol. The van der Waals surface area contributed by atoms with E-state index < -0.39 is 57.1 Å². The molecule has 3 aromatic rings. The Hall–Kier alpha value is -3.29. The molecule has 1 nitrogen and oxygen atoms in total. The van der Waals surface area contributed by atoms with Crippen molar-refractivity contribution in [1.82, 2.24) is 0 Å². The zero-order valence-electron chi connectivity index (χ0n) is 14.5. The summed E-state index contributed by atoms with van der Waals surface area (Å²) in [5.41, 5.74) is -2.10. The predicted octanol–water partition coefficient (Wildman–Crippen LogP) is 7.00. The highest BCUT2D eigenvalue weighted by molar-refractivity contribution is 5.90. The normalized spacial score (nSPS) is 10.9. The molecular weight excluding hydrogens is 401 g/mol. The molecule has 0 aliphatic carbocycles. The first-order chi connectivity index (χ1) is 13.7. The van der Waals surface area contributed by atoms with E-state index in [-0.39, 0.29) is 24.0 Å². The highest BCUT2D eigenvalue weighted by Crippen LogP contribution is 2.35. The van der Waals surface area contributed by atoms with E-state index >= 15 is 0 Å². The Morgan fingerprint density at radius 3 is 2.10 bits per heavy atom. The first-order valence-corrected chi connectivity index (χ1v) is 8.10. The van der Waals surface area contributed by atoms with Crippen LogP contribution in [0.3, 0.4) is 0 Å². The van der Waals surface area contributed by atoms with Crippen LogP contribution >= 0.6 is 0 Å². The molecule has 0 aliphatic rings. The topological polar surface area (TPSA) is 9.23 Å². The van der Waals surface area contributed by atoms with E-state index in [2.05, 4.69) is 6.58 Å². The first kappa shape index (κ1) is 20.4. The second-order valence-electron chi connectivity index (χ2n) is 5.94. The molecule has 0 bridgehead atoms. The minimum Gasteiger partial charge on any atom is -0.489 e. The summed E-state index contributed by atoms with van der Waals surface area (Å²) in [7, 11) is 0. The van der Waals surface area contributed by atoms with Gasteiger partial charge in [0.05, 0.1) is 16.5 Å². The highest BCUT2D eigenvalue weighted by atomic mass is 19.3. The molecule has 8 heteroatoms. The van der Waals surface area contributed by atoms with E-state index in [0.717, 1.165) is 18.2 Å². The molecule has 0 aliphatic heterocycles. The molecule has 0 saturated carbocycles. The maximum absolute atomic E-state index is 14.5. The zero-order valence-corrected chi connectivity index (χ0v) is 14.5. The summed E-state index contributed by atoms with van der Waals surface area (Å²) in [5, 5.41) is -1.17. The van der Waals surface area contributed by atoms with Crippen molar-refractivity contribution in [3.05, 3.63) is 83.7 Å². The summed E-state index contributed by atoms with van der Waals surface area (Å²) in [6.07, 6.45) is -1.08. The van der Waals surface area contributed by atoms with E-state index in [9.17, 15) is 30.7 Å². The average Bonchev–Trinajstić information content (AvgIpc) is 2.62. The number of ether oxygens (including phenoxy) is 1. The molecule has 3 aromatic carbocycles. The monoisotopic (exact) mass is 412 g/mol. The van der Waals surface area contributed by atoms with Crippen molar-refractivity contribution in [2.45, 2.75) is 0 Å². The summed E-state index contributed by atoms with van der Waals surface area (Å²) in [4.78, 5) is 0. The van der Waals surface area contributed by atoms with Crippen molar-refractivity contribution in [3.63, 3.8) is 0 Å². The Morgan fingerprint density at radius 1 is 0.862 bits per heavy atom. The quantitative estimate of drug-likeness (QED) is 0.324. The lowest BCUT2D eigenvalue weighted by Gasteiger charge is -2.12. The van der Waals surface area contributed by atoms with Gasteiger partial charge in [0.15, 0.2) is 0 Å². The maximum Gasteiger partial charge on any atom is 0.271 e. The molecule has 0 unspecified atom stereocenters. The van der Waals surface area contributed by atoms with Crippen molar-refractivity contribution < 1.29 is 35.5 Å². The smallest absolute Gasteiger partial charge is 0.271 e. The van der Waals surface area contributed by atoms with Crippen LogP contribution in [0.5, 0.6) is 5.75 Å². The number of hydrogen-bond acceptors (Lipinski definition) is 1. The largest absolute Gasteiger partial charge is 0.489 e. The summed E-state index contributed by atoms with van der Waals surface area (Å²) >= 11 is 0. The SMILES string of the molecule is C=CCOc1cc(F)c(-c2cc(F)c3c(F)c(C=C(F)F)c(F)cc3c2)c(F)c1. The molecule has 0 radical (unpaired) electrons. The number of benzene rings is 3. The minimum absolute atomic E-state index is 0.00234. The fraction of sp³-hybridized carbons (Fsp3) is 0.0476. The van der Waals surface area contributed by atoms with E-state index in [4.69, 9.17) is 4.74 Å². The number of halogens is 7. The lowest BCUT2D eigenvalue weighted by atomic mass is 9.97. The highest BCUT2D eigenvalue weighted by Gasteiger charge is 2.20. The van der Waals surface area contributed by atoms with Gasteiger partial charge in [-0.1, -0.05) is 12.7 Å². The Kier molecular flexibility index (Phi) is 5.63. The Morgan fingerprint density at radius 2 is 1.52 bits per heavy atom. The number of fused-ring (bicyclic) bond motifs is 1. The van der Waals surface area contributed by atoms with Crippen LogP contribution in [0.1, 0.15) is 5.56 Å². The van der Waals surface area contributed by atoms with Crippen molar-refractivity contribution in [1.29, 1.82) is 0 Å². The molecule has 0 spiro atoms. The van der Waals surface area contributed by atoms with Crippen molar-refractivity contribution in [2.24, 2.45) is 0 Å². The van der Waals surface area contributed by atoms with Gasteiger partial charge in [-0.3, -0.25) is 0 Å². The van der Waals surface area contributed by atoms with Crippen LogP contribution < -0.4 is 4.74 Å². The van der Waals surface area contributed by atoms with Gasteiger partial charge in [-0.15, -0.1) is 0 Å². The molecule has 0 N–H and O–H groups in total. The fourth-order valence-electron chi connectivity index (χ4n) is 2.88. The van der Waals surface area contributed by atoms with Gasteiger partial charge in [-0.05, 0) is 29.1 Å². The van der Waals surface area contributed by atoms with E-state index in [1.807, 2.05) is 0 Å². The van der Waals surface area contributed by atoms with Gasteiger partial charge in [0.1, 0.15) is 41.4 Å². The van der Waals surface area contributed by atoms with Gasteiger partial charge in [0.25, 0.3) is 6.08 Å². The van der Waals surface area contributed by atoms with E-state index in [1.54, 1.807) is 0 Å². The summed E-state index contributed by atoms with van der Waals surface area (Å²) in [6.45, 7) is 3.40. The van der Waals surface area contributed by atoms with Gasteiger partial charge in [0, 0.05) is 18.2 Å². The van der Waals surface area contributed by atoms with Crippen LogP contribution in [0.2, 0.25) is 0 Å². The third-order valence-corrected chi connectivity index (χ3v) is 4.04. The lowest BCUT2D eigenvalue weighted by Crippen LogP contribution is -1.99. The van der Waals surface area contributed by atoms with Gasteiger partial charge in [0.2, 0.25) is 0 Å². The van der Waals surface area contributed by atoms with Gasteiger partial charge < -0.3 is 4.74 Å². The van der Waals surface area contributed by atoms with Gasteiger partial charge in [-0.25, -0.2) is 22.0 Å². The third kappa shape index (κ3) is 3.96. The van der Waals surface area contributed by atoms with Crippen molar-refractivity contribution in [2.75, 3.05) is 6.61 Å². The van der Waals surface area contributed by atoms with Crippen molar-refractivity contribution >= 4 is 16.8 Å². The van der Waals surface area contributed by atoms with Crippen molar-refractivity contribution in [3.8, 4) is 16.9 Å². The summed E-state index contributed by atoms with van der Waals surface area (Å²) in [6, 6.07) is 3.92. The lowest BCUT2D eigenvalue weighted by molar-refractivity contribution is 0.358. The Labute approximate surface area is 160 Å². The van der Waals surface area contributed by atoms with Gasteiger partial charge in [-0.2, -0.15) is 8.78 Å². The van der Waals surface area contributed by atoms with Crippen LogP contribution in [-0.4, -0.2) is 6.61 Å². The molecule has 3 rings (SSSR count). The van der Waals surface area contributed by atoms with Crippen LogP contribution in [0, 0.1) is 29.1 Å². The molecular formula is C21H11F7O. The predicted molar refractivity (Wildman–Crippen MR) is 95.1 cm³/mol. The Balaban J connectivity index is 2.21. The second-order valence-corrected chi connectivity index (χ2v) is 5.94. The maximum atomic E-state index is 14.5. The Bertz CT molecular complexity index is 1120. The molecule has 0 saturated heterocycles. The molecule has 0 aromatic heterocycles. The first-order valence-electron chi connectivity index (χ1n) is 8.10. The molecule has 0 fully saturated rings. The molecule has 0 atom stereocenters. The molecule has 150 valence electrons. The van der Waals surface area contributed by atoms with Crippen LogP contribution in [0.4, 0.5) is 30.7 Å². The molecule has 0 amide bonds.